The summed E-state index contributed by atoms with van der Waals surface area (Å²) in [4.78, 5) is 0.326. The topological polar surface area (TPSA) is 13.1 Å². The van der Waals surface area contributed by atoms with Gasteiger partial charge in [0.15, 0.2) is 0 Å². The van der Waals surface area contributed by atoms with Crippen LogP contribution in [0.15, 0.2) is 41.2 Å². The normalized spacial score (nSPS) is 12.7. The number of aryl methyl sites for hydroxylation is 2. The Morgan fingerprint density at radius 3 is 2.75 bits per heavy atom. The maximum Gasteiger partial charge on any atom is 0.0946 e. The van der Waals surface area contributed by atoms with Crippen LogP contribution in [0.4, 0.5) is 0 Å². The first kappa shape index (κ1) is 11.5. The molecule has 1 aromatic heterocycles. The molecule has 1 heterocycles. The van der Waals surface area contributed by atoms with E-state index >= 15 is 0 Å². The first-order valence-corrected chi connectivity index (χ1v) is 6.30. The van der Waals surface area contributed by atoms with Gasteiger partial charge in [-0.05, 0) is 37.5 Å². The molecule has 0 aliphatic rings. The molecule has 0 spiro atoms. The van der Waals surface area contributed by atoms with E-state index in [1.807, 2.05) is 6.07 Å². The van der Waals surface area contributed by atoms with E-state index in [2.05, 4.69) is 48.0 Å². The van der Waals surface area contributed by atoms with Crippen LogP contribution in [0.25, 0.3) is 0 Å². The van der Waals surface area contributed by atoms with Crippen LogP contribution in [0.1, 0.15) is 27.1 Å². The SMILES string of the molecule is Cc1ccc(C)c(CC(Br)c2ccoc2)c1. The summed E-state index contributed by atoms with van der Waals surface area (Å²) < 4.78 is 5.10. The zero-order chi connectivity index (χ0) is 11.5. The summed E-state index contributed by atoms with van der Waals surface area (Å²) in [7, 11) is 0. The molecule has 1 atom stereocenters. The van der Waals surface area contributed by atoms with Crippen LogP contribution in [0.5, 0.6) is 0 Å². The molecule has 0 fully saturated rings. The molecular formula is C14H15BrO. The van der Waals surface area contributed by atoms with Crippen LogP contribution in [0.3, 0.4) is 0 Å². The summed E-state index contributed by atoms with van der Waals surface area (Å²) in [6.07, 6.45) is 4.50. The summed E-state index contributed by atoms with van der Waals surface area (Å²) in [5.41, 5.74) is 5.25. The predicted octanol–water partition coefficient (Wildman–Crippen LogP) is 4.58. The lowest BCUT2D eigenvalue weighted by Gasteiger charge is -2.11. The highest BCUT2D eigenvalue weighted by Gasteiger charge is 2.11. The average molecular weight is 279 g/mol. The van der Waals surface area contributed by atoms with E-state index in [0.29, 0.717) is 4.83 Å². The van der Waals surface area contributed by atoms with Crippen LogP contribution in [0.2, 0.25) is 0 Å². The standard InChI is InChI=1S/C14H15BrO/c1-10-3-4-11(2)13(7-10)8-14(15)12-5-6-16-9-12/h3-7,9,14H,8H2,1-2H3. The third-order valence-corrected chi connectivity index (χ3v) is 3.66. The van der Waals surface area contributed by atoms with E-state index in [1.165, 1.54) is 22.3 Å². The van der Waals surface area contributed by atoms with Crippen molar-refractivity contribution in [1.82, 2.24) is 0 Å². The Kier molecular flexibility index (Phi) is 3.49. The van der Waals surface area contributed by atoms with Crippen molar-refractivity contribution in [3.63, 3.8) is 0 Å². The Morgan fingerprint density at radius 1 is 1.25 bits per heavy atom. The molecule has 1 nitrogen and oxygen atoms in total. The number of furan rings is 1. The third-order valence-electron chi connectivity index (χ3n) is 2.81. The number of halogens is 1. The highest BCUT2D eigenvalue weighted by molar-refractivity contribution is 9.09. The molecule has 2 heteroatoms. The van der Waals surface area contributed by atoms with Gasteiger partial charge in [-0.1, -0.05) is 39.7 Å². The van der Waals surface area contributed by atoms with E-state index < -0.39 is 0 Å². The summed E-state index contributed by atoms with van der Waals surface area (Å²) >= 11 is 3.70. The minimum Gasteiger partial charge on any atom is -0.472 e. The van der Waals surface area contributed by atoms with Crippen LogP contribution < -0.4 is 0 Å². The van der Waals surface area contributed by atoms with Gasteiger partial charge in [0.1, 0.15) is 0 Å². The highest BCUT2D eigenvalue weighted by Crippen LogP contribution is 2.28. The quantitative estimate of drug-likeness (QED) is 0.750. The van der Waals surface area contributed by atoms with Gasteiger partial charge >= 0.3 is 0 Å². The first-order chi connectivity index (χ1) is 7.66. The molecule has 1 unspecified atom stereocenters. The predicted molar refractivity (Wildman–Crippen MR) is 70.0 cm³/mol. The molecule has 1 aromatic carbocycles. The minimum absolute atomic E-state index is 0.326. The van der Waals surface area contributed by atoms with Gasteiger partial charge in [0, 0.05) is 10.4 Å². The number of benzene rings is 1. The largest absolute Gasteiger partial charge is 0.472 e. The molecule has 0 N–H and O–H groups in total. The Bertz CT molecular complexity index is 460. The monoisotopic (exact) mass is 278 g/mol. The zero-order valence-electron chi connectivity index (χ0n) is 9.53. The van der Waals surface area contributed by atoms with Gasteiger partial charge < -0.3 is 4.42 Å². The van der Waals surface area contributed by atoms with Gasteiger partial charge in [-0.3, -0.25) is 0 Å². The Balaban J connectivity index is 2.17. The second-order valence-electron chi connectivity index (χ2n) is 4.16. The summed E-state index contributed by atoms with van der Waals surface area (Å²) in [6, 6.07) is 8.59. The molecule has 0 saturated carbocycles. The third kappa shape index (κ3) is 2.56. The van der Waals surface area contributed by atoms with Gasteiger partial charge in [0.25, 0.3) is 0 Å². The Morgan fingerprint density at radius 2 is 2.06 bits per heavy atom. The van der Waals surface area contributed by atoms with Crippen molar-refractivity contribution in [3.8, 4) is 0 Å². The Labute approximate surface area is 105 Å². The number of rotatable bonds is 3. The first-order valence-electron chi connectivity index (χ1n) is 5.39. The second-order valence-corrected chi connectivity index (χ2v) is 5.26. The second kappa shape index (κ2) is 4.88. The van der Waals surface area contributed by atoms with Crippen molar-refractivity contribution < 1.29 is 4.42 Å². The van der Waals surface area contributed by atoms with E-state index in [-0.39, 0.29) is 0 Å². The zero-order valence-corrected chi connectivity index (χ0v) is 11.1. The maximum absolute atomic E-state index is 5.10. The van der Waals surface area contributed by atoms with Gasteiger partial charge in [-0.25, -0.2) is 0 Å². The fourth-order valence-electron chi connectivity index (χ4n) is 1.78. The van der Waals surface area contributed by atoms with Crippen LogP contribution in [-0.2, 0) is 6.42 Å². The van der Waals surface area contributed by atoms with Crippen LogP contribution in [0, 0.1) is 13.8 Å². The van der Waals surface area contributed by atoms with Crippen molar-refractivity contribution >= 4 is 15.9 Å². The van der Waals surface area contributed by atoms with Crippen LogP contribution >= 0.6 is 15.9 Å². The van der Waals surface area contributed by atoms with E-state index in [4.69, 9.17) is 4.42 Å². The van der Waals surface area contributed by atoms with Gasteiger partial charge in [-0.2, -0.15) is 0 Å². The van der Waals surface area contributed by atoms with Gasteiger partial charge in [0.2, 0.25) is 0 Å². The molecule has 0 radical (unpaired) electrons. The molecular weight excluding hydrogens is 264 g/mol. The van der Waals surface area contributed by atoms with E-state index in [1.54, 1.807) is 12.5 Å². The molecule has 16 heavy (non-hydrogen) atoms. The fourth-order valence-corrected chi connectivity index (χ4v) is 2.39. The molecule has 0 bridgehead atoms. The van der Waals surface area contributed by atoms with E-state index in [9.17, 15) is 0 Å². The smallest absolute Gasteiger partial charge is 0.0946 e. The molecule has 0 amide bonds. The molecule has 84 valence electrons. The van der Waals surface area contributed by atoms with Crippen molar-refractivity contribution in [2.75, 3.05) is 0 Å². The van der Waals surface area contributed by atoms with Crippen molar-refractivity contribution in [2.45, 2.75) is 25.1 Å². The summed E-state index contributed by atoms with van der Waals surface area (Å²) in [6.45, 7) is 4.29. The minimum atomic E-state index is 0.326. The van der Waals surface area contributed by atoms with Gasteiger partial charge in [0.05, 0.1) is 12.5 Å². The molecule has 2 aromatic rings. The summed E-state index contributed by atoms with van der Waals surface area (Å²) in [5.74, 6) is 0. The highest BCUT2D eigenvalue weighted by atomic mass is 79.9. The molecule has 0 aliphatic carbocycles. The molecule has 0 aliphatic heterocycles. The van der Waals surface area contributed by atoms with Crippen molar-refractivity contribution in [2.24, 2.45) is 0 Å². The Hall–Kier alpha value is -1.02. The van der Waals surface area contributed by atoms with E-state index in [0.717, 1.165) is 6.42 Å². The lowest BCUT2D eigenvalue weighted by Crippen LogP contribution is -1.97. The van der Waals surface area contributed by atoms with Crippen molar-refractivity contribution in [1.29, 1.82) is 0 Å². The van der Waals surface area contributed by atoms with Crippen molar-refractivity contribution in [3.05, 3.63) is 59.0 Å². The molecule has 0 saturated heterocycles. The number of hydrogen-bond donors (Lipinski definition) is 0. The summed E-state index contributed by atoms with van der Waals surface area (Å²) in [5, 5.41) is 0. The number of hydrogen-bond acceptors (Lipinski definition) is 1. The maximum atomic E-state index is 5.10. The van der Waals surface area contributed by atoms with Crippen LogP contribution in [-0.4, -0.2) is 0 Å². The molecule has 2 rings (SSSR count). The average Bonchev–Trinajstić information content (AvgIpc) is 2.76. The lowest BCUT2D eigenvalue weighted by molar-refractivity contribution is 0.563. The van der Waals surface area contributed by atoms with Gasteiger partial charge in [-0.15, -0.1) is 0 Å². The fraction of sp³-hybridized carbons (Fsp3) is 0.286. The lowest BCUT2D eigenvalue weighted by atomic mass is 10.00. The number of alkyl halides is 1.